The summed E-state index contributed by atoms with van der Waals surface area (Å²) in [7, 11) is 0. The molecule has 1 heterocycles. The van der Waals surface area contributed by atoms with Gasteiger partial charge in [0, 0.05) is 24.7 Å². The Morgan fingerprint density at radius 2 is 1.70 bits per heavy atom. The van der Waals surface area contributed by atoms with Gasteiger partial charge in [0.2, 0.25) is 0 Å². The Balaban J connectivity index is 1.59. The van der Waals surface area contributed by atoms with Crippen LogP contribution in [0.2, 0.25) is 5.02 Å². The average molecular weight is 406 g/mol. The van der Waals surface area contributed by atoms with Crippen molar-refractivity contribution in [3.8, 4) is 5.75 Å². The van der Waals surface area contributed by atoms with Crippen LogP contribution in [-0.4, -0.2) is 29.3 Å². The van der Waals surface area contributed by atoms with E-state index < -0.39 is 6.10 Å². The molecule has 0 aliphatic carbocycles. The lowest BCUT2D eigenvalue weighted by molar-refractivity contribution is 0.0629. The zero-order valence-corrected chi connectivity index (χ0v) is 16.3. The second-order valence-corrected chi connectivity index (χ2v) is 7.56. The molecule has 0 bridgehead atoms. The first-order valence-corrected chi connectivity index (χ1v) is 9.95. The fourth-order valence-electron chi connectivity index (χ4n) is 2.75. The van der Waals surface area contributed by atoms with Crippen molar-refractivity contribution in [3.63, 3.8) is 0 Å². The fraction of sp³-hybridized carbons (Fsp3) is 0.238. The first-order chi connectivity index (χ1) is 13.1. The van der Waals surface area contributed by atoms with E-state index in [1.807, 2.05) is 5.38 Å². The van der Waals surface area contributed by atoms with Gasteiger partial charge in [0.15, 0.2) is 0 Å². The molecule has 1 aromatic heterocycles. The molecule has 3 nitrogen and oxygen atoms in total. The van der Waals surface area contributed by atoms with Crippen LogP contribution in [0.5, 0.6) is 5.75 Å². The summed E-state index contributed by atoms with van der Waals surface area (Å²) in [5, 5.41) is 15.2. The lowest BCUT2D eigenvalue weighted by Crippen LogP contribution is -2.35. The van der Waals surface area contributed by atoms with Crippen molar-refractivity contribution >= 4 is 22.9 Å². The van der Waals surface area contributed by atoms with E-state index in [2.05, 4.69) is 16.3 Å². The molecule has 0 aliphatic rings. The quantitative estimate of drug-likeness (QED) is 0.544. The molecule has 6 heteroatoms. The van der Waals surface area contributed by atoms with E-state index in [-0.39, 0.29) is 12.4 Å². The molecular formula is C21H21ClFNO2S. The Bertz CT molecular complexity index is 809. The predicted octanol–water partition coefficient (Wildman–Crippen LogP) is 4.98. The second kappa shape index (κ2) is 9.85. The van der Waals surface area contributed by atoms with Crippen molar-refractivity contribution in [2.24, 2.45) is 0 Å². The van der Waals surface area contributed by atoms with Crippen LogP contribution >= 0.6 is 22.9 Å². The third kappa shape index (κ3) is 6.63. The molecule has 142 valence electrons. The van der Waals surface area contributed by atoms with Crippen LogP contribution in [-0.2, 0) is 13.1 Å². The summed E-state index contributed by atoms with van der Waals surface area (Å²) in [6, 6.07) is 15.6. The van der Waals surface area contributed by atoms with Gasteiger partial charge < -0.3 is 9.84 Å². The van der Waals surface area contributed by atoms with Crippen LogP contribution in [0.25, 0.3) is 0 Å². The molecule has 1 unspecified atom stereocenters. The normalized spacial score (nSPS) is 12.3. The molecule has 1 N–H and O–H groups in total. The highest BCUT2D eigenvalue weighted by atomic mass is 35.5. The maximum Gasteiger partial charge on any atom is 0.123 e. The van der Waals surface area contributed by atoms with Gasteiger partial charge in [-0.1, -0.05) is 23.7 Å². The number of thiophene rings is 1. The second-order valence-electron chi connectivity index (χ2n) is 6.35. The molecule has 0 saturated carbocycles. The van der Waals surface area contributed by atoms with Crippen molar-refractivity contribution in [1.82, 2.24) is 4.90 Å². The summed E-state index contributed by atoms with van der Waals surface area (Å²) < 4.78 is 18.8. The van der Waals surface area contributed by atoms with Gasteiger partial charge in [0.25, 0.3) is 0 Å². The minimum absolute atomic E-state index is 0.186. The maximum atomic E-state index is 13.1. The van der Waals surface area contributed by atoms with E-state index in [1.165, 1.54) is 17.7 Å². The Morgan fingerprint density at radius 1 is 1.00 bits per heavy atom. The SMILES string of the molecule is OC(COc1ccc(Cl)cc1)CN(Cc1ccc(F)cc1)Cc1ccsc1. The van der Waals surface area contributed by atoms with Crippen molar-refractivity contribution in [2.75, 3.05) is 13.2 Å². The number of halogens is 2. The molecular weight excluding hydrogens is 385 g/mol. The fourth-order valence-corrected chi connectivity index (χ4v) is 3.53. The Labute approximate surface area is 167 Å². The third-order valence-corrected chi connectivity index (χ3v) is 5.01. The molecule has 0 radical (unpaired) electrons. The number of hydrogen-bond donors (Lipinski definition) is 1. The number of hydrogen-bond acceptors (Lipinski definition) is 4. The summed E-state index contributed by atoms with van der Waals surface area (Å²) in [6.07, 6.45) is -0.653. The van der Waals surface area contributed by atoms with Gasteiger partial charge in [-0.2, -0.15) is 11.3 Å². The van der Waals surface area contributed by atoms with E-state index >= 15 is 0 Å². The zero-order chi connectivity index (χ0) is 19.1. The first kappa shape index (κ1) is 19.8. The summed E-state index contributed by atoms with van der Waals surface area (Å²) in [5.74, 6) is 0.418. The van der Waals surface area contributed by atoms with E-state index in [0.29, 0.717) is 30.4 Å². The van der Waals surface area contributed by atoms with Gasteiger partial charge in [-0.3, -0.25) is 4.90 Å². The predicted molar refractivity (Wildman–Crippen MR) is 108 cm³/mol. The molecule has 3 rings (SSSR count). The molecule has 2 aromatic carbocycles. The van der Waals surface area contributed by atoms with Crippen molar-refractivity contribution in [2.45, 2.75) is 19.2 Å². The topological polar surface area (TPSA) is 32.7 Å². The van der Waals surface area contributed by atoms with E-state index in [9.17, 15) is 9.50 Å². The van der Waals surface area contributed by atoms with Crippen LogP contribution in [0.15, 0.2) is 65.4 Å². The molecule has 0 fully saturated rings. The van der Waals surface area contributed by atoms with Gasteiger partial charge in [-0.15, -0.1) is 0 Å². The van der Waals surface area contributed by atoms with Crippen LogP contribution < -0.4 is 4.74 Å². The lowest BCUT2D eigenvalue weighted by atomic mass is 10.2. The highest BCUT2D eigenvalue weighted by molar-refractivity contribution is 7.07. The smallest absolute Gasteiger partial charge is 0.123 e. The van der Waals surface area contributed by atoms with Crippen molar-refractivity contribution in [1.29, 1.82) is 0 Å². The molecule has 3 aromatic rings. The average Bonchev–Trinajstić information content (AvgIpc) is 3.16. The maximum absolute atomic E-state index is 13.1. The summed E-state index contributed by atoms with van der Waals surface area (Å²) in [4.78, 5) is 2.13. The third-order valence-electron chi connectivity index (χ3n) is 4.03. The van der Waals surface area contributed by atoms with E-state index in [4.69, 9.17) is 16.3 Å². The zero-order valence-electron chi connectivity index (χ0n) is 14.7. The van der Waals surface area contributed by atoms with Crippen LogP contribution in [0.3, 0.4) is 0 Å². The monoisotopic (exact) mass is 405 g/mol. The van der Waals surface area contributed by atoms with Gasteiger partial charge in [-0.25, -0.2) is 4.39 Å². The summed E-state index contributed by atoms with van der Waals surface area (Å²) in [5.41, 5.74) is 2.19. The standard InChI is InChI=1S/C21H21ClFNO2S/c22-18-3-7-21(8-4-18)26-14-20(25)13-24(12-17-9-10-27-15-17)11-16-1-5-19(23)6-2-16/h1-10,15,20,25H,11-14H2. The van der Waals surface area contributed by atoms with E-state index in [1.54, 1.807) is 47.7 Å². The van der Waals surface area contributed by atoms with Gasteiger partial charge in [0.05, 0.1) is 0 Å². The molecule has 27 heavy (non-hydrogen) atoms. The molecule has 0 aliphatic heterocycles. The van der Waals surface area contributed by atoms with Gasteiger partial charge in [-0.05, 0) is 64.4 Å². The molecule has 0 amide bonds. The Kier molecular flexibility index (Phi) is 7.24. The number of ether oxygens (including phenoxy) is 1. The number of rotatable bonds is 9. The van der Waals surface area contributed by atoms with Gasteiger partial charge in [0.1, 0.15) is 24.3 Å². The highest BCUT2D eigenvalue weighted by Gasteiger charge is 2.14. The minimum atomic E-state index is -0.653. The number of aliphatic hydroxyl groups excluding tert-OH is 1. The Hall–Kier alpha value is -1.92. The number of benzene rings is 2. The summed E-state index contributed by atoms with van der Waals surface area (Å²) in [6.45, 7) is 1.96. The molecule has 1 atom stereocenters. The largest absolute Gasteiger partial charge is 0.491 e. The van der Waals surface area contributed by atoms with Crippen LogP contribution in [0.4, 0.5) is 4.39 Å². The van der Waals surface area contributed by atoms with Gasteiger partial charge >= 0.3 is 0 Å². The molecule has 0 saturated heterocycles. The Morgan fingerprint density at radius 3 is 2.37 bits per heavy atom. The minimum Gasteiger partial charge on any atom is -0.491 e. The molecule has 0 spiro atoms. The summed E-state index contributed by atoms with van der Waals surface area (Å²) >= 11 is 7.51. The van der Waals surface area contributed by atoms with Crippen molar-refractivity contribution < 1.29 is 14.2 Å². The van der Waals surface area contributed by atoms with Crippen LogP contribution in [0.1, 0.15) is 11.1 Å². The van der Waals surface area contributed by atoms with Crippen molar-refractivity contribution in [3.05, 3.63) is 87.3 Å². The first-order valence-electron chi connectivity index (χ1n) is 8.63. The van der Waals surface area contributed by atoms with E-state index in [0.717, 1.165) is 5.56 Å². The number of aliphatic hydroxyl groups is 1. The lowest BCUT2D eigenvalue weighted by Gasteiger charge is -2.25. The van der Waals surface area contributed by atoms with Crippen LogP contribution in [0, 0.1) is 5.82 Å². The highest BCUT2D eigenvalue weighted by Crippen LogP contribution is 2.17. The number of nitrogens with zero attached hydrogens (tertiary/aromatic N) is 1.